The second kappa shape index (κ2) is 5.12. The van der Waals surface area contributed by atoms with Crippen molar-refractivity contribution in [2.75, 3.05) is 0 Å². The van der Waals surface area contributed by atoms with Gasteiger partial charge in [-0.3, -0.25) is 0 Å². The molecule has 2 nitrogen and oxygen atoms in total. The Morgan fingerprint density at radius 1 is 1.06 bits per heavy atom. The van der Waals surface area contributed by atoms with Crippen molar-refractivity contribution in [3.05, 3.63) is 58.1 Å². The first-order valence-corrected chi connectivity index (χ1v) is 5.92. The molecule has 2 aromatic carbocycles. The Morgan fingerprint density at radius 2 is 1.83 bits per heavy atom. The van der Waals surface area contributed by atoms with Crippen LogP contribution in [0.15, 0.2) is 36.4 Å². The van der Waals surface area contributed by atoms with Crippen LogP contribution in [0.3, 0.4) is 0 Å². The van der Waals surface area contributed by atoms with Crippen molar-refractivity contribution in [2.24, 2.45) is 0 Å². The number of ether oxygens (including phenoxy) is 1. The van der Waals surface area contributed by atoms with Crippen molar-refractivity contribution in [1.82, 2.24) is 0 Å². The van der Waals surface area contributed by atoms with Crippen molar-refractivity contribution in [3.8, 4) is 17.6 Å². The Morgan fingerprint density at radius 3 is 2.56 bits per heavy atom. The maximum atomic E-state index is 9.04. The van der Waals surface area contributed by atoms with E-state index >= 15 is 0 Å². The van der Waals surface area contributed by atoms with Gasteiger partial charge in [0.1, 0.15) is 17.6 Å². The molecule has 0 aliphatic rings. The lowest BCUT2D eigenvalue weighted by atomic mass is 10.1. The highest BCUT2D eigenvalue weighted by Crippen LogP contribution is 2.30. The van der Waals surface area contributed by atoms with Crippen LogP contribution in [0.5, 0.6) is 11.5 Å². The van der Waals surface area contributed by atoms with Gasteiger partial charge >= 0.3 is 0 Å². The number of hydrogen-bond acceptors (Lipinski definition) is 2. The average Bonchev–Trinajstić information content (AvgIpc) is 2.34. The highest BCUT2D eigenvalue weighted by Gasteiger charge is 2.07. The molecule has 0 N–H and O–H groups in total. The molecule has 90 valence electrons. The molecule has 0 bridgehead atoms. The van der Waals surface area contributed by atoms with Gasteiger partial charge in [-0.15, -0.1) is 0 Å². The van der Waals surface area contributed by atoms with E-state index in [1.807, 2.05) is 32.0 Å². The SMILES string of the molecule is Cc1ccc(C)c(Oc2cc(Cl)ccc2C#N)c1. The minimum absolute atomic E-state index is 0.473. The van der Waals surface area contributed by atoms with Gasteiger partial charge in [0.05, 0.1) is 5.56 Å². The van der Waals surface area contributed by atoms with Gasteiger partial charge in [-0.25, -0.2) is 0 Å². The lowest BCUT2D eigenvalue weighted by Gasteiger charge is -2.11. The Hall–Kier alpha value is -1.98. The Kier molecular flexibility index (Phi) is 3.55. The maximum Gasteiger partial charge on any atom is 0.146 e. The number of rotatable bonds is 2. The minimum atomic E-state index is 0.473. The second-order valence-electron chi connectivity index (χ2n) is 4.12. The van der Waals surface area contributed by atoms with E-state index in [2.05, 4.69) is 6.07 Å². The summed E-state index contributed by atoms with van der Waals surface area (Å²) in [4.78, 5) is 0. The van der Waals surface area contributed by atoms with Gasteiger partial charge in [0.25, 0.3) is 0 Å². The molecule has 0 aliphatic carbocycles. The van der Waals surface area contributed by atoms with Crippen LogP contribution in [-0.4, -0.2) is 0 Å². The summed E-state index contributed by atoms with van der Waals surface area (Å²) in [5, 5.41) is 9.59. The number of hydrogen-bond donors (Lipinski definition) is 0. The molecule has 0 saturated carbocycles. The summed E-state index contributed by atoms with van der Waals surface area (Å²) in [5.74, 6) is 1.23. The average molecular weight is 258 g/mol. The molecule has 0 fully saturated rings. The third kappa shape index (κ3) is 2.64. The maximum absolute atomic E-state index is 9.04. The summed E-state index contributed by atoms with van der Waals surface area (Å²) in [6.07, 6.45) is 0. The molecule has 0 radical (unpaired) electrons. The van der Waals surface area contributed by atoms with Gasteiger partial charge in [0.15, 0.2) is 0 Å². The number of nitrogens with zero attached hydrogens (tertiary/aromatic N) is 1. The first kappa shape index (κ1) is 12.5. The van der Waals surface area contributed by atoms with Gasteiger partial charge < -0.3 is 4.74 Å². The molecule has 0 heterocycles. The summed E-state index contributed by atoms with van der Waals surface area (Å²) in [6, 6.07) is 13.0. The molecule has 0 saturated heterocycles. The summed E-state index contributed by atoms with van der Waals surface area (Å²) >= 11 is 5.92. The van der Waals surface area contributed by atoms with E-state index in [4.69, 9.17) is 21.6 Å². The highest BCUT2D eigenvalue weighted by molar-refractivity contribution is 6.30. The first-order chi connectivity index (χ1) is 8.60. The third-order valence-electron chi connectivity index (χ3n) is 2.63. The highest BCUT2D eigenvalue weighted by atomic mass is 35.5. The predicted molar refractivity (Wildman–Crippen MR) is 72.2 cm³/mol. The zero-order chi connectivity index (χ0) is 13.1. The Balaban J connectivity index is 2.43. The van der Waals surface area contributed by atoms with Crippen LogP contribution >= 0.6 is 11.6 Å². The lowest BCUT2D eigenvalue weighted by molar-refractivity contribution is 0.477. The molecule has 0 amide bonds. The summed E-state index contributed by atoms with van der Waals surface area (Å²) in [7, 11) is 0. The van der Waals surface area contributed by atoms with E-state index in [1.165, 1.54) is 0 Å². The molecule has 0 aromatic heterocycles. The second-order valence-corrected chi connectivity index (χ2v) is 4.56. The van der Waals surface area contributed by atoms with Crippen LogP contribution < -0.4 is 4.74 Å². The number of benzene rings is 2. The van der Waals surface area contributed by atoms with Gasteiger partial charge in [0.2, 0.25) is 0 Å². The first-order valence-electron chi connectivity index (χ1n) is 5.55. The number of aryl methyl sites for hydroxylation is 2. The number of nitriles is 1. The summed E-state index contributed by atoms with van der Waals surface area (Å²) in [6.45, 7) is 3.96. The van der Waals surface area contributed by atoms with Crippen molar-refractivity contribution < 1.29 is 4.74 Å². The summed E-state index contributed by atoms with van der Waals surface area (Å²) < 4.78 is 5.79. The molecule has 0 atom stereocenters. The van der Waals surface area contributed by atoms with Crippen LogP contribution in [0.2, 0.25) is 5.02 Å². The van der Waals surface area contributed by atoms with Gasteiger partial charge in [0, 0.05) is 11.1 Å². The molecular formula is C15H12ClNO. The van der Waals surface area contributed by atoms with E-state index in [-0.39, 0.29) is 0 Å². The van der Waals surface area contributed by atoms with Crippen molar-refractivity contribution in [1.29, 1.82) is 5.26 Å². The van der Waals surface area contributed by atoms with Gasteiger partial charge in [-0.2, -0.15) is 5.26 Å². The Bertz CT molecular complexity index is 629. The predicted octanol–water partition coefficient (Wildman–Crippen LogP) is 4.62. The van der Waals surface area contributed by atoms with Gasteiger partial charge in [-0.1, -0.05) is 23.7 Å². The molecule has 2 aromatic rings. The Labute approximate surface area is 111 Å². The fourth-order valence-corrected chi connectivity index (χ4v) is 1.77. The van der Waals surface area contributed by atoms with Crippen LogP contribution in [0.4, 0.5) is 0 Å². The van der Waals surface area contributed by atoms with E-state index in [0.717, 1.165) is 16.9 Å². The molecule has 3 heteroatoms. The van der Waals surface area contributed by atoms with Crippen LogP contribution in [0.1, 0.15) is 16.7 Å². The van der Waals surface area contributed by atoms with Crippen molar-refractivity contribution in [3.63, 3.8) is 0 Å². The van der Waals surface area contributed by atoms with Crippen LogP contribution in [0.25, 0.3) is 0 Å². The van der Waals surface area contributed by atoms with Crippen molar-refractivity contribution >= 4 is 11.6 Å². The smallest absolute Gasteiger partial charge is 0.146 e. The third-order valence-corrected chi connectivity index (χ3v) is 2.86. The molecule has 0 aliphatic heterocycles. The van der Waals surface area contributed by atoms with E-state index in [0.29, 0.717) is 16.3 Å². The molecule has 2 rings (SSSR count). The van der Waals surface area contributed by atoms with Crippen LogP contribution in [0, 0.1) is 25.2 Å². The zero-order valence-electron chi connectivity index (χ0n) is 10.2. The van der Waals surface area contributed by atoms with E-state index in [9.17, 15) is 0 Å². The monoisotopic (exact) mass is 257 g/mol. The minimum Gasteiger partial charge on any atom is -0.456 e. The number of halogens is 1. The molecule has 0 unspecified atom stereocenters. The zero-order valence-corrected chi connectivity index (χ0v) is 11.0. The largest absolute Gasteiger partial charge is 0.456 e. The van der Waals surface area contributed by atoms with E-state index in [1.54, 1.807) is 18.2 Å². The summed E-state index contributed by atoms with van der Waals surface area (Å²) in [5.41, 5.74) is 2.60. The molecule has 0 spiro atoms. The van der Waals surface area contributed by atoms with Crippen LogP contribution in [-0.2, 0) is 0 Å². The fraction of sp³-hybridized carbons (Fsp3) is 0.133. The fourth-order valence-electron chi connectivity index (χ4n) is 1.61. The van der Waals surface area contributed by atoms with Gasteiger partial charge in [-0.05, 0) is 43.2 Å². The lowest BCUT2D eigenvalue weighted by Crippen LogP contribution is -1.91. The molecular weight excluding hydrogens is 246 g/mol. The standard InChI is InChI=1S/C15H12ClNO/c1-10-3-4-11(2)14(7-10)18-15-8-13(16)6-5-12(15)9-17/h3-8H,1-2H3. The topological polar surface area (TPSA) is 33.0 Å². The quantitative estimate of drug-likeness (QED) is 0.786. The van der Waals surface area contributed by atoms with E-state index < -0.39 is 0 Å². The van der Waals surface area contributed by atoms with Crippen molar-refractivity contribution in [2.45, 2.75) is 13.8 Å². The molecule has 18 heavy (non-hydrogen) atoms. The normalized spacial score (nSPS) is 9.89.